The Morgan fingerprint density at radius 3 is 2.83 bits per heavy atom. The highest BCUT2D eigenvalue weighted by Crippen LogP contribution is 2.35. The Bertz CT molecular complexity index is 718. The molecule has 1 aliphatic heterocycles. The number of nitrogens with zero attached hydrogens (tertiary/aromatic N) is 4. The van der Waals surface area contributed by atoms with Crippen LogP contribution in [0.4, 0.5) is 13.2 Å². The van der Waals surface area contributed by atoms with Crippen LogP contribution in [0.2, 0.25) is 0 Å². The van der Waals surface area contributed by atoms with Gasteiger partial charge in [0.25, 0.3) is 0 Å². The van der Waals surface area contributed by atoms with E-state index in [1.54, 1.807) is 0 Å². The first kappa shape index (κ1) is 14.7. The zero-order valence-corrected chi connectivity index (χ0v) is 12.3. The Morgan fingerprint density at radius 1 is 1.26 bits per heavy atom. The van der Waals surface area contributed by atoms with Gasteiger partial charge in [-0.25, -0.2) is 0 Å². The molecule has 0 bridgehead atoms. The largest absolute Gasteiger partial charge is 0.435 e. The van der Waals surface area contributed by atoms with Crippen LogP contribution in [0.1, 0.15) is 41.5 Å². The average molecular weight is 328 g/mol. The molecule has 0 unspecified atom stereocenters. The first-order valence-electron chi connectivity index (χ1n) is 7.55. The number of halogens is 3. The third-order valence-corrected chi connectivity index (χ3v) is 4.13. The predicted molar refractivity (Wildman–Crippen MR) is 70.4 cm³/mol. The summed E-state index contributed by atoms with van der Waals surface area (Å²) in [5.41, 5.74) is -0.239. The van der Waals surface area contributed by atoms with Crippen LogP contribution in [0, 0.1) is 5.92 Å². The standard InChI is InChI=1S/C14H15F3N4O2/c15-14(16,17)13-9-7-22-4-3-10(9)21(19-13)6-12-18-11(20-23-12)5-8-1-2-8/h8H,1-7H2. The number of hydrogen-bond acceptors (Lipinski definition) is 5. The number of aromatic nitrogens is 4. The molecular weight excluding hydrogens is 313 g/mol. The minimum Gasteiger partial charge on any atom is -0.376 e. The minimum atomic E-state index is -4.50. The maximum absolute atomic E-state index is 13.1. The first-order chi connectivity index (χ1) is 11.0. The second-order valence-corrected chi connectivity index (χ2v) is 5.98. The van der Waals surface area contributed by atoms with Crippen molar-refractivity contribution in [1.29, 1.82) is 0 Å². The molecule has 0 atom stereocenters. The highest BCUT2D eigenvalue weighted by Gasteiger charge is 2.40. The molecule has 0 aromatic carbocycles. The molecule has 4 rings (SSSR count). The van der Waals surface area contributed by atoms with Gasteiger partial charge >= 0.3 is 6.18 Å². The monoisotopic (exact) mass is 328 g/mol. The van der Waals surface area contributed by atoms with Gasteiger partial charge in [-0.3, -0.25) is 4.68 Å². The summed E-state index contributed by atoms with van der Waals surface area (Å²) in [6, 6.07) is 0. The number of ether oxygens (including phenoxy) is 1. The zero-order valence-electron chi connectivity index (χ0n) is 12.3. The lowest BCUT2D eigenvalue weighted by molar-refractivity contribution is -0.142. The summed E-state index contributed by atoms with van der Waals surface area (Å²) in [6.07, 6.45) is -0.997. The summed E-state index contributed by atoms with van der Waals surface area (Å²) in [5.74, 6) is 1.51. The lowest BCUT2D eigenvalue weighted by atomic mass is 10.1. The molecule has 3 heterocycles. The Balaban J connectivity index is 1.60. The van der Waals surface area contributed by atoms with E-state index in [1.807, 2.05) is 0 Å². The molecule has 1 aliphatic carbocycles. The average Bonchev–Trinajstić information content (AvgIpc) is 3.07. The number of alkyl halides is 3. The van der Waals surface area contributed by atoms with Gasteiger partial charge in [0.1, 0.15) is 6.54 Å². The van der Waals surface area contributed by atoms with Gasteiger partial charge in [-0.2, -0.15) is 23.3 Å². The van der Waals surface area contributed by atoms with Gasteiger partial charge in [-0.15, -0.1) is 0 Å². The maximum atomic E-state index is 13.1. The highest BCUT2D eigenvalue weighted by molar-refractivity contribution is 5.29. The minimum absolute atomic E-state index is 0.0517. The van der Waals surface area contributed by atoms with Gasteiger partial charge in [-0.1, -0.05) is 5.16 Å². The summed E-state index contributed by atoms with van der Waals surface area (Å²) in [5, 5.41) is 7.61. The van der Waals surface area contributed by atoms with E-state index < -0.39 is 11.9 Å². The van der Waals surface area contributed by atoms with Gasteiger partial charge in [0.15, 0.2) is 11.5 Å². The molecule has 9 heteroatoms. The summed E-state index contributed by atoms with van der Waals surface area (Å²) < 4.78 is 50.9. The van der Waals surface area contributed by atoms with Crippen LogP contribution >= 0.6 is 0 Å². The molecule has 6 nitrogen and oxygen atoms in total. The second-order valence-electron chi connectivity index (χ2n) is 5.98. The summed E-state index contributed by atoms with van der Waals surface area (Å²) in [4.78, 5) is 4.25. The smallest absolute Gasteiger partial charge is 0.376 e. The van der Waals surface area contributed by atoms with Crippen molar-refractivity contribution in [3.8, 4) is 0 Å². The molecule has 2 aliphatic rings. The lowest BCUT2D eigenvalue weighted by Crippen LogP contribution is -2.15. The van der Waals surface area contributed by atoms with Gasteiger partial charge in [0, 0.05) is 24.1 Å². The number of fused-ring (bicyclic) bond motifs is 1. The van der Waals surface area contributed by atoms with Gasteiger partial charge in [0.2, 0.25) is 5.89 Å². The van der Waals surface area contributed by atoms with Crippen molar-refractivity contribution in [3.05, 3.63) is 28.7 Å². The van der Waals surface area contributed by atoms with E-state index in [9.17, 15) is 13.2 Å². The topological polar surface area (TPSA) is 66.0 Å². The van der Waals surface area contributed by atoms with Crippen molar-refractivity contribution in [2.45, 2.75) is 45.0 Å². The number of rotatable bonds is 4. The molecule has 2 aromatic rings. The van der Waals surface area contributed by atoms with Crippen molar-refractivity contribution in [2.75, 3.05) is 6.61 Å². The Morgan fingerprint density at radius 2 is 2.09 bits per heavy atom. The molecule has 0 amide bonds. The van der Waals surface area contributed by atoms with Gasteiger partial charge in [-0.05, 0) is 18.8 Å². The van der Waals surface area contributed by atoms with Crippen LogP contribution in [0.15, 0.2) is 4.52 Å². The van der Waals surface area contributed by atoms with E-state index in [4.69, 9.17) is 9.26 Å². The van der Waals surface area contributed by atoms with Crippen LogP contribution in [-0.2, 0) is 36.9 Å². The molecular formula is C14H15F3N4O2. The number of hydrogen-bond donors (Lipinski definition) is 0. The second kappa shape index (κ2) is 5.33. The molecule has 0 saturated heterocycles. The van der Waals surface area contributed by atoms with Crippen molar-refractivity contribution >= 4 is 0 Å². The lowest BCUT2D eigenvalue weighted by Gasteiger charge is -2.14. The fourth-order valence-electron chi connectivity index (χ4n) is 2.81. The third kappa shape index (κ3) is 2.97. The van der Waals surface area contributed by atoms with E-state index in [0.717, 1.165) is 6.42 Å². The van der Waals surface area contributed by atoms with Crippen LogP contribution in [0.25, 0.3) is 0 Å². The molecule has 0 radical (unpaired) electrons. The third-order valence-electron chi connectivity index (χ3n) is 4.13. The zero-order chi connectivity index (χ0) is 16.0. The van der Waals surface area contributed by atoms with Crippen LogP contribution in [0.3, 0.4) is 0 Å². The van der Waals surface area contributed by atoms with Crippen LogP contribution < -0.4 is 0 Å². The van der Waals surface area contributed by atoms with Crippen molar-refractivity contribution in [1.82, 2.24) is 19.9 Å². The normalized spacial score (nSPS) is 18.2. The highest BCUT2D eigenvalue weighted by atomic mass is 19.4. The molecule has 0 N–H and O–H groups in total. The molecule has 2 aromatic heterocycles. The van der Waals surface area contributed by atoms with Crippen molar-refractivity contribution < 1.29 is 22.4 Å². The van der Waals surface area contributed by atoms with Crippen LogP contribution in [-0.4, -0.2) is 26.5 Å². The Kier molecular flexibility index (Phi) is 3.40. The van der Waals surface area contributed by atoms with Crippen molar-refractivity contribution in [3.63, 3.8) is 0 Å². The molecule has 0 spiro atoms. The molecule has 1 fully saturated rings. The van der Waals surface area contributed by atoms with E-state index in [0.29, 0.717) is 30.5 Å². The molecule has 124 valence electrons. The fourth-order valence-corrected chi connectivity index (χ4v) is 2.81. The SMILES string of the molecule is FC(F)(F)c1nn(Cc2nc(CC3CC3)no2)c2c1COCC2. The Labute approximate surface area is 129 Å². The predicted octanol–water partition coefficient (Wildman–Crippen LogP) is 2.36. The van der Waals surface area contributed by atoms with Gasteiger partial charge in [0.05, 0.1) is 13.2 Å². The van der Waals surface area contributed by atoms with Gasteiger partial charge < -0.3 is 9.26 Å². The van der Waals surface area contributed by atoms with E-state index >= 15 is 0 Å². The molecule has 23 heavy (non-hydrogen) atoms. The summed E-state index contributed by atoms with van der Waals surface area (Å²) in [7, 11) is 0. The maximum Gasteiger partial charge on any atom is 0.435 e. The molecule has 1 saturated carbocycles. The fraction of sp³-hybridized carbons (Fsp3) is 0.643. The van der Waals surface area contributed by atoms with E-state index in [1.165, 1.54) is 17.5 Å². The van der Waals surface area contributed by atoms with Crippen LogP contribution in [0.5, 0.6) is 0 Å². The first-order valence-corrected chi connectivity index (χ1v) is 7.55. The van der Waals surface area contributed by atoms with Crippen molar-refractivity contribution in [2.24, 2.45) is 5.92 Å². The van der Waals surface area contributed by atoms with E-state index in [-0.39, 0.29) is 24.6 Å². The summed E-state index contributed by atoms with van der Waals surface area (Å²) >= 11 is 0. The van der Waals surface area contributed by atoms with E-state index in [2.05, 4.69) is 15.2 Å². The quantitative estimate of drug-likeness (QED) is 0.862. The summed E-state index contributed by atoms with van der Waals surface area (Å²) in [6.45, 7) is 0.365. The Hall–Kier alpha value is -1.90.